The lowest BCUT2D eigenvalue weighted by atomic mass is 9.80. The van der Waals surface area contributed by atoms with Gasteiger partial charge in [0.05, 0.1) is 6.42 Å². The van der Waals surface area contributed by atoms with Gasteiger partial charge in [0.15, 0.2) is 0 Å². The summed E-state index contributed by atoms with van der Waals surface area (Å²) >= 11 is 0. The summed E-state index contributed by atoms with van der Waals surface area (Å²) in [6, 6.07) is 0.498. The molecule has 1 atom stereocenters. The summed E-state index contributed by atoms with van der Waals surface area (Å²) in [5, 5.41) is 11.6. The van der Waals surface area contributed by atoms with Crippen molar-refractivity contribution >= 4 is 5.97 Å². The van der Waals surface area contributed by atoms with Gasteiger partial charge in [-0.05, 0) is 25.7 Å². The van der Waals surface area contributed by atoms with Crippen LogP contribution in [0.15, 0.2) is 0 Å². The molecule has 3 heteroatoms. The molecule has 0 aromatic rings. The first-order valence-electron chi connectivity index (χ1n) is 4.65. The number of rotatable bonds is 5. The van der Waals surface area contributed by atoms with Crippen LogP contribution in [0.1, 0.15) is 32.6 Å². The van der Waals surface area contributed by atoms with Crippen molar-refractivity contribution in [1.29, 1.82) is 0 Å². The standard InChI is InChI=1S/C9H17NO2/c1-7(8-3-2-4-8)10-6-5-9(11)12/h7-8,10H,2-6H2,1H3,(H,11,12). The van der Waals surface area contributed by atoms with Gasteiger partial charge in [-0.2, -0.15) is 0 Å². The van der Waals surface area contributed by atoms with Gasteiger partial charge in [0.2, 0.25) is 0 Å². The van der Waals surface area contributed by atoms with E-state index in [-0.39, 0.29) is 6.42 Å². The third-order valence-electron chi connectivity index (χ3n) is 2.66. The van der Waals surface area contributed by atoms with Crippen LogP contribution in [-0.2, 0) is 4.79 Å². The largest absolute Gasteiger partial charge is 0.481 e. The predicted molar refractivity (Wildman–Crippen MR) is 47.1 cm³/mol. The second-order valence-corrected chi connectivity index (χ2v) is 3.58. The zero-order valence-corrected chi connectivity index (χ0v) is 7.55. The van der Waals surface area contributed by atoms with Crippen molar-refractivity contribution in [2.75, 3.05) is 6.54 Å². The van der Waals surface area contributed by atoms with Crippen molar-refractivity contribution in [2.24, 2.45) is 5.92 Å². The third-order valence-corrected chi connectivity index (χ3v) is 2.66. The SMILES string of the molecule is CC(NCCC(=O)O)C1CCC1. The Labute approximate surface area is 73.2 Å². The number of hydrogen-bond donors (Lipinski definition) is 2. The first-order valence-corrected chi connectivity index (χ1v) is 4.65. The average Bonchev–Trinajstić information content (AvgIpc) is 1.81. The Balaban J connectivity index is 2.01. The van der Waals surface area contributed by atoms with E-state index >= 15 is 0 Å². The third kappa shape index (κ3) is 2.81. The second-order valence-electron chi connectivity index (χ2n) is 3.58. The van der Waals surface area contributed by atoms with E-state index in [2.05, 4.69) is 12.2 Å². The van der Waals surface area contributed by atoms with Gasteiger partial charge in [0.25, 0.3) is 0 Å². The molecule has 0 saturated heterocycles. The number of carbonyl (C=O) groups is 1. The highest BCUT2D eigenvalue weighted by Gasteiger charge is 2.23. The maximum Gasteiger partial charge on any atom is 0.304 e. The zero-order valence-electron chi connectivity index (χ0n) is 7.55. The summed E-state index contributed by atoms with van der Waals surface area (Å²) < 4.78 is 0. The van der Waals surface area contributed by atoms with E-state index in [1.54, 1.807) is 0 Å². The molecule has 2 N–H and O–H groups in total. The molecular formula is C9H17NO2. The summed E-state index contributed by atoms with van der Waals surface area (Å²) in [6.07, 6.45) is 4.19. The molecule has 1 fully saturated rings. The molecule has 1 aliphatic rings. The van der Waals surface area contributed by atoms with E-state index < -0.39 is 5.97 Å². The molecule has 0 bridgehead atoms. The first kappa shape index (κ1) is 9.52. The molecule has 1 saturated carbocycles. The Hall–Kier alpha value is -0.570. The van der Waals surface area contributed by atoms with Gasteiger partial charge in [-0.1, -0.05) is 6.42 Å². The van der Waals surface area contributed by atoms with Crippen LogP contribution in [0, 0.1) is 5.92 Å². The smallest absolute Gasteiger partial charge is 0.304 e. The molecule has 0 spiro atoms. The van der Waals surface area contributed by atoms with Gasteiger partial charge in [-0.3, -0.25) is 4.79 Å². The summed E-state index contributed by atoms with van der Waals surface area (Å²) in [7, 11) is 0. The summed E-state index contributed by atoms with van der Waals surface area (Å²) in [4.78, 5) is 10.2. The van der Waals surface area contributed by atoms with Gasteiger partial charge >= 0.3 is 5.97 Å². The minimum absolute atomic E-state index is 0.233. The molecular weight excluding hydrogens is 154 g/mol. The highest BCUT2D eigenvalue weighted by atomic mass is 16.4. The van der Waals surface area contributed by atoms with Crippen molar-refractivity contribution in [3.05, 3.63) is 0 Å². The maximum atomic E-state index is 10.2. The van der Waals surface area contributed by atoms with Crippen molar-refractivity contribution in [1.82, 2.24) is 5.32 Å². The van der Waals surface area contributed by atoms with Crippen LogP contribution in [0.5, 0.6) is 0 Å². The van der Waals surface area contributed by atoms with Crippen LogP contribution in [0.2, 0.25) is 0 Å². The molecule has 3 nitrogen and oxygen atoms in total. The van der Waals surface area contributed by atoms with E-state index in [9.17, 15) is 4.79 Å². The minimum atomic E-state index is -0.719. The maximum absolute atomic E-state index is 10.2. The van der Waals surface area contributed by atoms with Crippen molar-refractivity contribution in [3.63, 3.8) is 0 Å². The van der Waals surface area contributed by atoms with Crippen LogP contribution >= 0.6 is 0 Å². The lowest BCUT2D eigenvalue weighted by Gasteiger charge is -2.31. The Bertz CT molecular complexity index is 155. The summed E-state index contributed by atoms with van der Waals surface area (Å²) in [5.41, 5.74) is 0. The van der Waals surface area contributed by atoms with Crippen molar-refractivity contribution in [2.45, 2.75) is 38.6 Å². The lowest BCUT2D eigenvalue weighted by molar-refractivity contribution is -0.136. The number of nitrogens with one attached hydrogen (secondary N) is 1. The molecule has 12 heavy (non-hydrogen) atoms. The van der Waals surface area contributed by atoms with Crippen molar-refractivity contribution < 1.29 is 9.90 Å². The second kappa shape index (κ2) is 4.45. The molecule has 1 aliphatic carbocycles. The van der Waals surface area contributed by atoms with Crippen LogP contribution in [0.25, 0.3) is 0 Å². The molecule has 0 heterocycles. The number of carboxylic acids is 1. The summed E-state index contributed by atoms with van der Waals surface area (Å²) in [5.74, 6) is 0.0714. The van der Waals surface area contributed by atoms with E-state index in [0.717, 1.165) is 5.92 Å². The molecule has 70 valence electrons. The number of aliphatic carboxylic acids is 1. The highest BCUT2D eigenvalue weighted by Crippen LogP contribution is 2.29. The van der Waals surface area contributed by atoms with Crippen LogP contribution in [0.3, 0.4) is 0 Å². The number of carboxylic acid groups (broad SMARTS) is 1. The normalized spacial score (nSPS) is 20.1. The fraction of sp³-hybridized carbons (Fsp3) is 0.889. The highest BCUT2D eigenvalue weighted by molar-refractivity contribution is 5.66. The fourth-order valence-electron chi connectivity index (χ4n) is 1.51. The van der Waals surface area contributed by atoms with E-state index in [4.69, 9.17) is 5.11 Å². The van der Waals surface area contributed by atoms with Gasteiger partial charge in [0, 0.05) is 12.6 Å². The summed E-state index contributed by atoms with van der Waals surface area (Å²) in [6.45, 7) is 2.75. The monoisotopic (exact) mass is 171 g/mol. The van der Waals surface area contributed by atoms with Gasteiger partial charge in [-0.15, -0.1) is 0 Å². The van der Waals surface area contributed by atoms with Gasteiger partial charge < -0.3 is 10.4 Å². The van der Waals surface area contributed by atoms with E-state index in [1.165, 1.54) is 19.3 Å². The van der Waals surface area contributed by atoms with Crippen molar-refractivity contribution in [3.8, 4) is 0 Å². The van der Waals surface area contributed by atoms with Gasteiger partial charge in [0.1, 0.15) is 0 Å². The van der Waals surface area contributed by atoms with Crippen LogP contribution in [-0.4, -0.2) is 23.7 Å². The van der Waals surface area contributed by atoms with E-state index in [1.807, 2.05) is 0 Å². The van der Waals surface area contributed by atoms with Gasteiger partial charge in [-0.25, -0.2) is 0 Å². The first-order chi connectivity index (χ1) is 5.70. The molecule has 1 unspecified atom stereocenters. The molecule has 0 aromatic heterocycles. The molecule has 0 aliphatic heterocycles. The quantitative estimate of drug-likeness (QED) is 0.654. The average molecular weight is 171 g/mol. The molecule has 0 amide bonds. The zero-order chi connectivity index (χ0) is 8.97. The topological polar surface area (TPSA) is 49.3 Å². The molecule has 0 aromatic carbocycles. The van der Waals surface area contributed by atoms with Crippen LogP contribution in [0.4, 0.5) is 0 Å². The Morgan fingerprint density at radius 3 is 2.75 bits per heavy atom. The lowest BCUT2D eigenvalue weighted by Crippen LogP contribution is -2.38. The minimum Gasteiger partial charge on any atom is -0.481 e. The van der Waals surface area contributed by atoms with Crippen LogP contribution < -0.4 is 5.32 Å². The Kier molecular flexibility index (Phi) is 3.53. The number of hydrogen-bond acceptors (Lipinski definition) is 2. The van der Waals surface area contributed by atoms with E-state index in [0.29, 0.717) is 12.6 Å². The Morgan fingerprint density at radius 2 is 2.33 bits per heavy atom. The molecule has 0 radical (unpaired) electrons. The fourth-order valence-corrected chi connectivity index (χ4v) is 1.51. The molecule has 1 rings (SSSR count). The Morgan fingerprint density at radius 1 is 1.67 bits per heavy atom. The predicted octanol–water partition coefficient (Wildman–Crippen LogP) is 1.24.